The van der Waals surface area contributed by atoms with Gasteiger partial charge in [0.15, 0.2) is 0 Å². The van der Waals surface area contributed by atoms with Gasteiger partial charge in [-0.1, -0.05) is 16.7 Å². The molecule has 10 heteroatoms. The number of piperidine rings is 1. The summed E-state index contributed by atoms with van der Waals surface area (Å²) in [4.78, 5) is 29.6. The Bertz CT molecular complexity index is 1270. The lowest BCUT2D eigenvalue weighted by atomic mass is 9.93. The highest BCUT2D eigenvalue weighted by molar-refractivity contribution is 8.13. The lowest BCUT2D eigenvalue weighted by Gasteiger charge is -2.35. The molecule has 4 unspecified atom stereocenters. The van der Waals surface area contributed by atoms with Crippen molar-refractivity contribution in [2.75, 3.05) is 41.3 Å². The molecule has 4 aliphatic heterocycles. The molecule has 6 rings (SSSR count). The third kappa shape index (κ3) is 5.14. The zero-order valence-electron chi connectivity index (χ0n) is 23.3. The van der Waals surface area contributed by atoms with Crippen LogP contribution in [0.3, 0.4) is 0 Å². The highest BCUT2D eigenvalue weighted by atomic mass is 32.2. The fourth-order valence-corrected chi connectivity index (χ4v) is 8.02. The maximum atomic E-state index is 13.4. The normalized spacial score (nSPS) is 28.9. The second-order valence-corrected chi connectivity index (χ2v) is 13.6. The molecule has 210 valence electrons. The smallest absolute Gasteiger partial charge is 0.326 e. The molecule has 0 radical (unpaired) electrons. The molecule has 39 heavy (non-hydrogen) atoms. The molecule has 9 nitrogen and oxygen atoms in total. The number of hydrogen-bond acceptors (Lipinski definition) is 7. The first-order valence-corrected chi connectivity index (χ1v) is 15.7. The van der Waals surface area contributed by atoms with Crippen LogP contribution in [0.25, 0.3) is 0 Å². The molecule has 2 aromatic heterocycles. The van der Waals surface area contributed by atoms with Gasteiger partial charge in [-0.15, -0.1) is 0 Å². The molecule has 3 saturated heterocycles. The van der Waals surface area contributed by atoms with Gasteiger partial charge >= 0.3 is 6.03 Å². The predicted molar refractivity (Wildman–Crippen MR) is 159 cm³/mol. The standard InChI is InChI=1S/C29H41N7O2S/c1-4-39-25-12-7-11-23(31-25)30-15-8-9-20-17-29(2,3)36(18-20)26-22(27(37)33-39)13-14-24(32-26)35-19-21-10-5-6-16-34(21)28(35)38/h4,7,11-14,20-21,27,33,37H,5-6,8-10,15-19H2,1-3H3,(H,30,31). The Morgan fingerprint density at radius 1 is 1.10 bits per heavy atom. The van der Waals surface area contributed by atoms with Gasteiger partial charge in [0.05, 0.1) is 6.04 Å². The molecule has 0 spiro atoms. The van der Waals surface area contributed by atoms with Crippen molar-refractivity contribution in [3.8, 4) is 0 Å². The van der Waals surface area contributed by atoms with Crippen LogP contribution in [0, 0.1) is 5.92 Å². The Kier molecular flexibility index (Phi) is 7.28. The molecule has 0 aromatic carbocycles. The molecule has 0 aliphatic carbocycles. The monoisotopic (exact) mass is 551 g/mol. The molecule has 4 bridgehead atoms. The number of carbonyl (C=O) groups is 1. The molecule has 4 atom stereocenters. The third-order valence-electron chi connectivity index (χ3n) is 8.69. The SMILES string of the molecule is C/C=S1/NC(O)c2ccc(N3CC4CCCCN4C3=O)nc2N2CC(CCCNc3cccc1n3)CC2(C)C. The number of nitrogens with one attached hydrogen (secondary N) is 2. The van der Waals surface area contributed by atoms with Crippen molar-refractivity contribution in [1.29, 1.82) is 0 Å². The quantitative estimate of drug-likeness (QED) is 0.441. The van der Waals surface area contributed by atoms with Gasteiger partial charge in [-0.3, -0.25) is 4.90 Å². The van der Waals surface area contributed by atoms with Crippen molar-refractivity contribution >= 4 is 39.5 Å². The van der Waals surface area contributed by atoms with Gasteiger partial charge in [0.1, 0.15) is 28.7 Å². The first-order valence-electron chi connectivity index (χ1n) is 14.4. The number of fused-ring (bicyclic) bond motifs is 7. The van der Waals surface area contributed by atoms with E-state index in [1.165, 1.54) is 6.42 Å². The van der Waals surface area contributed by atoms with Crippen LogP contribution >= 0.6 is 10.7 Å². The Morgan fingerprint density at radius 2 is 1.97 bits per heavy atom. The van der Waals surface area contributed by atoms with Crippen LogP contribution in [0.15, 0.2) is 35.4 Å². The molecular weight excluding hydrogens is 510 g/mol. The van der Waals surface area contributed by atoms with Crippen LogP contribution < -0.4 is 19.8 Å². The number of nitrogens with zero attached hydrogens (tertiary/aromatic N) is 5. The number of hydrogen-bond donors (Lipinski definition) is 3. The summed E-state index contributed by atoms with van der Waals surface area (Å²) in [7, 11) is -0.572. The van der Waals surface area contributed by atoms with Gasteiger partial charge in [-0.25, -0.2) is 19.5 Å². The fourth-order valence-electron chi connectivity index (χ4n) is 6.74. The van der Waals surface area contributed by atoms with Crippen LogP contribution in [-0.2, 0) is 0 Å². The first-order chi connectivity index (χ1) is 18.8. The molecule has 3 N–H and O–H groups in total. The molecule has 0 saturated carbocycles. The van der Waals surface area contributed by atoms with E-state index in [0.29, 0.717) is 18.3 Å². The zero-order valence-corrected chi connectivity index (χ0v) is 24.1. The second-order valence-electron chi connectivity index (χ2n) is 11.8. The lowest BCUT2D eigenvalue weighted by Crippen LogP contribution is -2.40. The molecule has 2 amide bonds. The summed E-state index contributed by atoms with van der Waals surface area (Å²) in [5, 5.41) is 18.0. The van der Waals surface area contributed by atoms with E-state index in [4.69, 9.17) is 9.97 Å². The third-order valence-corrected chi connectivity index (χ3v) is 10.3. The van der Waals surface area contributed by atoms with Crippen LogP contribution in [-0.4, -0.2) is 69.1 Å². The molecule has 3 fully saturated rings. The number of pyridine rings is 2. The maximum absolute atomic E-state index is 13.4. The minimum atomic E-state index is -0.944. The van der Waals surface area contributed by atoms with Crippen LogP contribution in [0.1, 0.15) is 71.1 Å². The molecule has 4 aliphatic rings. The minimum Gasteiger partial charge on any atom is -0.373 e. The number of aromatic nitrogens is 2. The zero-order chi connectivity index (χ0) is 27.1. The largest absolute Gasteiger partial charge is 0.373 e. The molecule has 2 aromatic rings. The van der Waals surface area contributed by atoms with Crippen molar-refractivity contribution in [3.05, 3.63) is 35.9 Å². The lowest BCUT2D eigenvalue weighted by molar-refractivity contribution is 0.170. The van der Waals surface area contributed by atoms with Gasteiger partial charge in [0.2, 0.25) is 0 Å². The van der Waals surface area contributed by atoms with Crippen molar-refractivity contribution < 1.29 is 9.90 Å². The number of aliphatic hydroxyl groups is 1. The maximum Gasteiger partial charge on any atom is 0.326 e. The average Bonchev–Trinajstić information content (AvgIpc) is 3.44. The van der Waals surface area contributed by atoms with E-state index in [-0.39, 0.29) is 17.6 Å². The van der Waals surface area contributed by atoms with Gasteiger partial charge in [-0.05, 0) is 94.8 Å². The average molecular weight is 552 g/mol. The number of anilines is 3. The minimum absolute atomic E-state index is 0.0575. The molecular formula is C29H41N7O2S. The number of rotatable bonds is 1. The summed E-state index contributed by atoms with van der Waals surface area (Å²) in [6.45, 7) is 9.79. The predicted octanol–water partition coefficient (Wildman–Crippen LogP) is 4.73. The van der Waals surface area contributed by atoms with Gasteiger partial charge < -0.3 is 20.2 Å². The van der Waals surface area contributed by atoms with E-state index >= 15 is 0 Å². The summed E-state index contributed by atoms with van der Waals surface area (Å²) in [6, 6.07) is 10.2. The number of urea groups is 1. The van der Waals surface area contributed by atoms with E-state index in [9.17, 15) is 9.90 Å². The number of aliphatic hydroxyl groups excluding tert-OH is 1. The van der Waals surface area contributed by atoms with Crippen molar-refractivity contribution in [3.63, 3.8) is 0 Å². The van der Waals surface area contributed by atoms with E-state index in [2.05, 4.69) is 28.8 Å². The first kappa shape index (κ1) is 26.5. The Balaban J connectivity index is 1.40. The summed E-state index contributed by atoms with van der Waals surface area (Å²) >= 11 is 0. The van der Waals surface area contributed by atoms with Crippen LogP contribution in [0.4, 0.5) is 22.2 Å². The van der Waals surface area contributed by atoms with E-state index in [1.54, 1.807) is 0 Å². The summed E-state index contributed by atoms with van der Waals surface area (Å²) in [5.74, 6) is 2.84. The molecule has 6 heterocycles. The number of amides is 2. The number of carbonyl (C=O) groups excluding carboxylic acids is 1. The van der Waals surface area contributed by atoms with Crippen LogP contribution in [0.5, 0.6) is 0 Å². The van der Waals surface area contributed by atoms with E-state index < -0.39 is 16.9 Å². The highest BCUT2D eigenvalue weighted by Crippen LogP contribution is 2.42. The van der Waals surface area contributed by atoms with Crippen molar-refractivity contribution in [2.45, 2.75) is 82.1 Å². The van der Waals surface area contributed by atoms with Crippen LogP contribution in [0.2, 0.25) is 0 Å². The van der Waals surface area contributed by atoms with Gasteiger partial charge in [0, 0.05) is 37.3 Å². The van der Waals surface area contributed by atoms with Crippen molar-refractivity contribution in [2.24, 2.45) is 5.92 Å². The summed E-state index contributed by atoms with van der Waals surface area (Å²) in [6.07, 6.45) is 5.57. The Hall–Kier alpha value is -2.69. The van der Waals surface area contributed by atoms with Crippen molar-refractivity contribution in [1.82, 2.24) is 19.6 Å². The fraction of sp³-hybridized carbons (Fsp3) is 0.586. The highest BCUT2D eigenvalue weighted by Gasteiger charge is 2.43. The Labute approximate surface area is 234 Å². The summed E-state index contributed by atoms with van der Waals surface area (Å²) < 4.78 is 3.41. The van der Waals surface area contributed by atoms with E-state index in [0.717, 1.165) is 74.0 Å². The van der Waals surface area contributed by atoms with E-state index in [1.807, 2.05) is 52.4 Å². The van der Waals surface area contributed by atoms with Gasteiger partial charge in [0.25, 0.3) is 0 Å². The Morgan fingerprint density at radius 3 is 2.79 bits per heavy atom. The summed E-state index contributed by atoms with van der Waals surface area (Å²) in [5.41, 5.74) is 0.618. The van der Waals surface area contributed by atoms with Gasteiger partial charge in [-0.2, -0.15) is 0 Å². The topological polar surface area (TPSA) is 96.9 Å². The second kappa shape index (κ2) is 10.7.